The van der Waals surface area contributed by atoms with E-state index in [-0.39, 0.29) is 18.2 Å². The molecule has 1 aromatic carbocycles. The van der Waals surface area contributed by atoms with Crippen molar-refractivity contribution in [3.8, 4) is 17.2 Å². The van der Waals surface area contributed by atoms with Gasteiger partial charge in [-0.2, -0.15) is 5.26 Å². The zero-order valence-corrected chi connectivity index (χ0v) is 19.8. The Balaban J connectivity index is 1.83. The zero-order chi connectivity index (χ0) is 24.5. The number of anilines is 2. The number of rotatable bonds is 5. The largest absolute Gasteiger partial charge is 0.352 e. The third-order valence-corrected chi connectivity index (χ3v) is 5.96. The summed E-state index contributed by atoms with van der Waals surface area (Å²) in [7, 11) is 0. The van der Waals surface area contributed by atoms with Gasteiger partial charge in [0.25, 0.3) is 5.91 Å². The Labute approximate surface area is 198 Å². The first-order valence-corrected chi connectivity index (χ1v) is 11.3. The third kappa shape index (κ3) is 4.74. The van der Waals surface area contributed by atoms with Gasteiger partial charge in [-0.25, -0.2) is 19.3 Å². The van der Waals surface area contributed by atoms with Crippen LogP contribution in [0.2, 0.25) is 0 Å². The van der Waals surface area contributed by atoms with Crippen LogP contribution in [0.4, 0.5) is 15.9 Å². The van der Waals surface area contributed by atoms with Gasteiger partial charge in [-0.1, -0.05) is 38.1 Å². The third-order valence-electron chi connectivity index (χ3n) is 5.96. The number of aromatic nitrogens is 3. The summed E-state index contributed by atoms with van der Waals surface area (Å²) >= 11 is 0. The number of amides is 1. The van der Waals surface area contributed by atoms with E-state index >= 15 is 0 Å². The van der Waals surface area contributed by atoms with Crippen molar-refractivity contribution >= 4 is 17.4 Å². The summed E-state index contributed by atoms with van der Waals surface area (Å²) in [4.78, 5) is 28.1. The van der Waals surface area contributed by atoms with E-state index in [4.69, 9.17) is 0 Å². The van der Waals surface area contributed by atoms with Gasteiger partial charge in [-0.15, -0.1) is 0 Å². The fourth-order valence-electron chi connectivity index (χ4n) is 4.07. The predicted molar refractivity (Wildman–Crippen MR) is 130 cm³/mol. The van der Waals surface area contributed by atoms with E-state index in [2.05, 4.69) is 26.3 Å². The number of hydrogen-bond donors (Lipinski definition) is 1. The van der Waals surface area contributed by atoms with Crippen molar-refractivity contribution in [1.82, 2.24) is 15.0 Å². The molecule has 0 radical (unpaired) electrons. The lowest BCUT2D eigenvalue weighted by Gasteiger charge is -2.24. The Hall–Kier alpha value is -3.86. The Morgan fingerprint density at radius 3 is 2.53 bits per heavy atom. The van der Waals surface area contributed by atoms with Crippen LogP contribution in [-0.4, -0.2) is 39.6 Å². The van der Waals surface area contributed by atoms with Gasteiger partial charge >= 0.3 is 0 Å². The molecule has 7 nitrogen and oxygen atoms in total. The fraction of sp³-hybridized carbons (Fsp3) is 0.346. The molecule has 1 aliphatic heterocycles. The molecule has 1 unspecified atom stereocenters. The number of halogens is 1. The predicted octanol–water partition coefficient (Wildman–Crippen LogP) is 5.03. The molecule has 0 bridgehead atoms. The van der Waals surface area contributed by atoms with E-state index in [0.717, 1.165) is 11.1 Å². The van der Waals surface area contributed by atoms with Crippen LogP contribution in [0.1, 0.15) is 60.5 Å². The Kier molecular flexibility index (Phi) is 6.29. The number of alkyl halides is 1. The molecule has 1 N–H and O–H groups in total. The average molecular weight is 459 g/mol. The summed E-state index contributed by atoms with van der Waals surface area (Å²) in [6.45, 7) is 8.02. The first-order valence-electron chi connectivity index (χ1n) is 11.3. The molecule has 0 saturated carbocycles. The Bertz CT molecular complexity index is 1260. The zero-order valence-electron chi connectivity index (χ0n) is 19.8. The van der Waals surface area contributed by atoms with Crippen LogP contribution in [0.25, 0.3) is 11.1 Å². The number of pyridine rings is 1. The van der Waals surface area contributed by atoms with E-state index in [9.17, 15) is 14.4 Å². The molecule has 0 spiro atoms. The quantitative estimate of drug-likeness (QED) is 0.576. The molecular weight excluding hydrogens is 431 g/mol. The first-order chi connectivity index (χ1) is 16.2. The smallest absolute Gasteiger partial charge is 0.258 e. The highest BCUT2D eigenvalue weighted by atomic mass is 19.1. The molecule has 1 amide bonds. The fourth-order valence-corrected chi connectivity index (χ4v) is 4.07. The summed E-state index contributed by atoms with van der Waals surface area (Å²) in [5.41, 5.74) is 2.03. The second-order valence-electron chi connectivity index (χ2n) is 9.20. The number of aryl methyl sites for hydroxylation is 1. The number of carbonyl (C=O) groups is 1. The van der Waals surface area contributed by atoms with Gasteiger partial charge in [0.1, 0.15) is 23.3 Å². The monoisotopic (exact) mass is 458 g/mol. The minimum absolute atomic E-state index is 0.122. The standard InChI is InChI=1S/C26H27FN6O/c1-16(2)23-29-13-18(14-30-23)25(34)32-22-21(20-8-6-5-7-17(20)3)11-19(12-28)31-24(22)33-10-9-26(4,27)15-33/h5-8,11,13-14,16H,9-10,15H2,1-4H3,(H,32,34). The molecule has 174 valence electrons. The van der Waals surface area contributed by atoms with Crippen LogP contribution >= 0.6 is 0 Å². The molecule has 0 aliphatic carbocycles. The van der Waals surface area contributed by atoms with E-state index in [1.165, 1.54) is 12.4 Å². The first kappa shape index (κ1) is 23.3. The van der Waals surface area contributed by atoms with Gasteiger partial charge in [0.15, 0.2) is 5.82 Å². The van der Waals surface area contributed by atoms with Crippen molar-refractivity contribution in [1.29, 1.82) is 5.26 Å². The minimum Gasteiger partial charge on any atom is -0.352 e. The maximum atomic E-state index is 14.7. The Morgan fingerprint density at radius 2 is 1.94 bits per heavy atom. The average Bonchev–Trinajstić information content (AvgIpc) is 3.19. The van der Waals surface area contributed by atoms with Gasteiger partial charge in [0, 0.05) is 36.8 Å². The normalized spacial score (nSPS) is 17.6. The molecule has 2 aromatic heterocycles. The van der Waals surface area contributed by atoms with Crippen LogP contribution in [0.5, 0.6) is 0 Å². The number of carbonyl (C=O) groups excluding carboxylic acids is 1. The lowest BCUT2D eigenvalue weighted by molar-refractivity contribution is 0.102. The second-order valence-corrected chi connectivity index (χ2v) is 9.20. The van der Waals surface area contributed by atoms with Gasteiger partial charge in [0.05, 0.1) is 17.8 Å². The highest BCUT2D eigenvalue weighted by Crippen LogP contribution is 2.40. The van der Waals surface area contributed by atoms with Gasteiger partial charge in [-0.05, 0) is 31.0 Å². The van der Waals surface area contributed by atoms with Crippen molar-refractivity contribution in [3.05, 3.63) is 65.4 Å². The van der Waals surface area contributed by atoms with E-state index < -0.39 is 11.6 Å². The summed E-state index contributed by atoms with van der Waals surface area (Å²) < 4.78 is 14.7. The Morgan fingerprint density at radius 1 is 1.24 bits per heavy atom. The van der Waals surface area contributed by atoms with Crippen molar-refractivity contribution in [2.45, 2.75) is 45.7 Å². The van der Waals surface area contributed by atoms with Crippen LogP contribution in [0.15, 0.2) is 42.7 Å². The number of benzene rings is 1. The highest BCUT2D eigenvalue weighted by Gasteiger charge is 2.36. The van der Waals surface area contributed by atoms with Crippen LogP contribution in [0, 0.1) is 18.3 Å². The molecule has 3 aromatic rings. The topological polar surface area (TPSA) is 94.8 Å². The molecule has 1 aliphatic rings. The van der Waals surface area contributed by atoms with E-state index in [1.807, 2.05) is 45.0 Å². The van der Waals surface area contributed by atoms with Crippen molar-refractivity contribution in [2.24, 2.45) is 0 Å². The number of nitriles is 1. The summed E-state index contributed by atoms with van der Waals surface area (Å²) in [6.07, 6.45) is 3.33. The molecule has 4 rings (SSSR count). The minimum atomic E-state index is -1.38. The molecule has 1 saturated heterocycles. The SMILES string of the molecule is Cc1ccccc1-c1cc(C#N)nc(N2CCC(C)(F)C2)c1NC(=O)c1cnc(C(C)C)nc1. The second kappa shape index (κ2) is 9.18. The lowest BCUT2D eigenvalue weighted by atomic mass is 9.98. The summed E-state index contributed by atoms with van der Waals surface area (Å²) in [6, 6.07) is 11.5. The summed E-state index contributed by atoms with van der Waals surface area (Å²) in [5.74, 6) is 0.772. The molecular formula is C26H27FN6O. The van der Waals surface area contributed by atoms with Crippen molar-refractivity contribution < 1.29 is 9.18 Å². The molecule has 34 heavy (non-hydrogen) atoms. The van der Waals surface area contributed by atoms with E-state index in [1.54, 1.807) is 17.9 Å². The van der Waals surface area contributed by atoms with Gasteiger partial charge in [-0.3, -0.25) is 4.79 Å². The molecule has 1 fully saturated rings. The number of nitrogens with one attached hydrogen (secondary N) is 1. The van der Waals surface area contributed by atoms with Crippen LogP contribution in [-0.2, 0) is 0 Å². The molecule has 8 heteroatoms. The number of nitrogens with zero attached hydrogens (tertiary/aromatic N) is 5. The van der Waals surface area contributed by atoms with Crippen molar-refractivity contribution in [3.63, 3.8) is 0 Å². The number of hydrogen-bond acceptors (Lipinski definition) is 6. The highest BCUT2D eigenvalue weighted by molar-refractivity contribution is 6.08. The lowest BCUT2D eigenvalue weighted by Crippen LogP contribution is -2.28. The maximum absolute atomic E-state index is 14.7. The molecule has 3 heterocycles. The van der Waals surface area contributed by atoms with Crippen LogP contribution < -0.4 is 10.2 Å². The van der Waals surface area contributed by atoms with Gasteiger partial charge < -0.3 is 10.2 Å². The summed E-state index contributed by atoms with van der Waals surface area (Å²) in [5, 5.41) is 12.6. The van der Waals surface area contributed by atoms with Crippen LogP contribution in [0.3, 0.4) is 0 Å². The maximum Gasteiger partial charge on any atom is 0.258 e. The molecule has 1 atom stereocenters. The van der Waals surface area contributed by atoms with Gasteiger partial charge in [0.2, 0.25) is 0 Å². The van der Waals surface area contributed by atoms with Crippen molar-refractivity contribution in [2.75, 3.05) is 23.3 Å². The van der Waals surface area contributed by atoms with E-state index in [0.29, 0.717) is 41.4 Å².